The number of hydrogen-bond donors (Lipinski definition) is 3. The van der Waals surface area contributed by atoms with Crippen LogP contribution in [0.4, 0.5) is 22.7 Å². The summed E-state index contributed by atoms with van der Waals surface area (Å²) in [6.07, 6.45) is 1.81. The van der Waals surface area contributed by atoms with Gasteiger partial charge < -0.3 is 25.4 Å². The summed E-state index contributed by atoms with van der Waals surface area (Å²) in [5, 5.41) is 27.2. The third kappa shape index (κ3) is 5.16. The molecule has 2 aliphatic rings. The normalized spacial score (nSPS) is 15.0. The molecule has 0 aliphatic carbocycles. The number of nitrogens with zero attached hydrogens (tertiary/aromatic N) is 2. The van der Waals surface area contributed by atoms with E-state index in [1.807, 2.05) is 24.3 Å². The fourth-order valence-electron chi connectivity index (χ4n) is 4.85. The fourth-order valence-corrected chi connectivity index (χ4v) is 4.85. The Morgan fingerprint density at radius 1 is 1.03 bits per heavy atom. The largest absolute Gasteiger partial charge is 0.490 e. The molecule has 0 saturated carbocycles. The van der Waals surface area contributed by atoms with Gasteiger partial charge >= 0.3 is 5.69 Å². The van der Waals surface area contributed by atoms with Crippen molar-refractivity contribution >= 4 is 34.6 Å². The van der Waals surface area contributed by atoms with Gasteiger partial charge in [-0.25, -0.2) is 0 Å². The van der Waals surface area contributed by atoms with Crippen molar-refractivity contribution in [1.29, 1.82) is 0 Å². The van der Waals surface area contributed by atoms with Crippen molar-refractivity contribution in [1.82, 2.24) is 4.90 Å². The van der Waals surface area contributed by atoms with Crippen molar-refractivity contribution in [3.63, 3.8) is 0 Å². The molecule has 2 heterocycles. The SMILES string of the molecule is COc1cc(-c2ccc3c(c2)Nc2ccc(CCC(=O)N4CCC(O)CC4)cc2NC3=O)ccc1[N+](=O)[O-]. The Labute approximate surface area is 219 Å². The van der Waals surface area contributed by atoms with Crippen molar-refractivity contribution in [2.75, 3.05) is 30.8 Å². The Balaban J connectivity index is 1.34. The average Bonchev–Trinajstić information content (AvgIpc) is 3.06. The molecule has 5 rings (SSSR count). The first-order valence-corrected chi connectivity index (χ1v) is 12.5. The van der Waals surface area contributed by atoms with E-state index in [0.717, 1.165) is 16.8 Å². The maximum Gasteiger partial charge on any atom is 0.310 e. The van der Waals surface area contributed by atoms with Gasteiger partial charge in [-0.3, -0.25) is 19.7 Å². The number of aliphatic hydroxyl groups excluding tert-OH is 1. The first-order chi connectivity index (χ1) is 18.3. The third-order valence-electron chi connectivity index (χ3n) is 7.02. The summed E-state index contributed by atoms with van der Waals surface area (Å²) in [6.45, 7) is 1.16. The summed E-state index contributed by atoms with van der Waals surface area (Å²) in [6, 6.07) is 15.7. The highest BCUT2D eigenvalue weighted by atomic mass is 16.6. The summed E-state index contributed by atoms with van der Waals surface area (Å²) in [5.74, 6) is -0.0432. The van der Waals surface area contributed by atoms with Crippen LogP contribution in [0.1, 0.15) is 35.2 Å². The molecule has 2 aliphatic heterocycles. The minimum absolute atomic E-state index is 0.0665. The van der Waals surface area contributed by atoms with Gasteiger partial charge in [-0.2, -0.15) is 0 Å². The molecule has 3 aromatic carbocycles. The Morgan fingerprint density at radius 2 is 1.76 bits per heavy atom. The number of nitro groups is 1. The molecule has 38 heavy (non-hydrogen) atoms. The maximum atomic E-state index is 13.0. The quantitative estimate of drug-likeness (QED) is 0.324. The van der Waals surface area contributed by atoms with Crippen molar-refractivity contribution in [2.45, 2.75) is 31.8 Å². The summed E-state index contributed by atoms with van der Waals surface area (Å²) in [4.78, 5) is 38.1. The number of hydrogen-bond acceptors (Lipinski definition) is 7. The number of fused-ring (bicyclic) bond motifs is 2. The Morgan fingerprint density at radius 3 is 2.50 bits per heavy atom. The van der Waals surface area contributed by atoms with Gasteiger partial charge in [-0.1, -0.05) is 12.1 Å². The first-order valence-electron chi connectivity index (χ1n) is 12.5. The number of nitro benzene ring substituents is 1. The van der Waals surface area contributed by atoms with Crippen LogP contribution in [0.5, 0.6) is 5.75 Å². The van der Waals surface area contributed by atoms with E-state index in [4.69, 9.17) is 4.74 Å². The van der Waals surface area contributed by atoms with Gasteiger partial charge in [0.05, 0.1) is 40.8 Å². The molecule has 2 amide bonds. The van der Waals surface area contributed by atoms with Gasteiger partial charge in [0.1, 0.15) is 0 Å². The minimum Gasteiger partial charge on any atom is -0.490 e. The van der Waals surface area contributed by atoms with E-state index in [-0.39, 0.29) is 29.4 Å². The van der Waals surface area contributed by atoms with Crippen molar-refractivity contribution < 1.29 is 24.4 Å². The number of aryl methyl sites for hydroxylation is 1. The predicted molar refractivity (Wildman–Crippen MR) is 143 cm³/mol. The smallest absolute Gasteiger partial charge is 0.310 e. The number of methoxy groups -OCH3 is 1. The highest BCUT2D eigenvalue weighted by Gasteiger charge is 2.23. The predicted octanol–water partition coefficient (Wildman–Crippen LogP) is 4.50. The molecule has 0 aromatic heterocycles. The number of carbonyl (C=O) groups excluding carboxylic acids is 2. The summed E-state index contributed by atoms with van der Waals surface area (Å²) >= 11 is 0. The molecule has 0 unspecified atom stereocenters. The van der Waals surface area contributed by atoms with Crippen LogP contribution in [-0.4, -0.2) is 53.0 Å². The topological polar surface area (TPSA) is 134 Å². The number of carbonyl (C=O) groups is 2. The molecule has 196 valence electrons. The van der Waals surface area contributed by atoms with Crippen LogP contribution in [-0.2, 0) is 11.2 Å². The van der Waals surface area contributed by atoms with E-state index in [1.54, 1.807) is 29.2 Å². The molecule has 0 spiro atoms. The Kier molecular flexibility index (Phi) is 6.97. The van der Waals surface area contributed by atoms with E-state index < -0.39 is 4.92 Å². The maximum absolute atomic E-state index is 13.0. The monoisotopic (exact) mass is 516 g/mol. The molecule has 10 heteroatoms. The van der Waals surface area contributed by atoms with E-state index in [1.165, 1.54) is 13.2 Å². The molecule has 0 radical (unpaired) electrons. The lowest BCUT2D eigenvalue weighted by Gasteiger charge is -2.29. The second kappa shape index (κ2) is 10.5. The second-order valence-corrected chi connectivity index (χ2v) is 9.48. The van der Waals surface area contributed by atoms with E-state index in [2.05, 4.69) is 10.6 Å². The van der Waals surface area contributed by atoms with Gasteiger partial charge in [0, 0.05) is 25.6 Å². The zero-order valence-electron chi connectivity index (χ0n) is 20.9. The minimum atomic E-state index is -0.494. The molecular formula is C28H28N4O6. The number of piperidine rings is 1. The lowest BCUT2D eigenvalue weighted by Crippen LogP contribution is -2.40. The van der Waals surface area contributed by atoms with Crippen LogP contribution in [0.25, 0.3) is 11.1 Å². The number of aliphatic hydroxyl groups is 1. The molecule has 3 aromatic rings. The van der Waals surface area contributed by atoms with Crippen LogP contribution < -0.4 is 15.4 Å². The van der Waals surface area contributed by atoms with Crippen molar-refractivity contribution in [2.24, 2.45) is 0 Å². The number of benzene rings is 3. The number of ether oxygens (including phenoxy) is 1. The molecule has 1 saturated heterocycles. The number of rotatable bonds is 6. The fraction of sp³-hybridized carbons (Fsp3) is 0.286. The molecule has 3 N–H and O–H groups in total. The van der Waals surface area contributed by atoms with Crippen LogP contribution in [0.15, 0.2) is 54.6 Å². The second-order valence-electron chi connectivity index (χ2n) is 9.48. The lowest BCUT2D eigenvalue weighted by atomic mass is 10.0. The Hall–Kier alpha value is -4.44. The zero-order chi connectivity index (χ0) is 26.8. The molecule has 10 nitrogen and oxygen atoms in total. The van der Waals surface area contributed by atoms with E-state index >= 15 is 0 Å². The van der Waals surface area contributed by atoms with Gasteiger partial charge in [0.15, 0.2) is 5.75 Å². The number of nitrogens with one attached hydrogen (secondary N) is 2. The lowest BCUT2D eigenvalue weighted by molar-refractivity contribution is -0.385. The number of likely N-dealkylation sites (tertiary alicyclic amines) is 1. The van der Waals surface area contributed by atoms with Gasteiger partial charge in [-0.15, -0.1) is 0 Å². The summed E-state index contributed by atoms with van der Waals surface area (Å²) in [5.41, 5.74) is 4.69. The first kappa shape index (κ1) is 25.2. The molecule has 1 fully saturated rings. The average molecular weight is 517 g/mol. The highest BCUT2D eigenvalue weighted by Crippen LogP contribution is 2.37. The van der Waals surface area contributed by atoms with Crippen LogP contribution in [0.2, 0.25) is 0 Å². The number of amides is 2. The molecular weight excluding hydrogens is 488 g/mol. The molecule has 0 atom stereocenters. The van der Waals surface area contributed by atoms with Crippen molar-refractivity contribution in [3.8, 4) is 16.9 Å². The van der Waals surface area contributed by atoms with Crippen molar-refractivity contribution in [3.05, 3.63) is 75.8 Å². The van der Waals surface area contributed by atoms with E-state index in [9.17, 15) is 24.8 Å². The summed E-state index contributed by atoms with van der Waals surface area (Å²) < 4.78 is 5.19. The zero-order valence-corrected chi connectivity index (χ0v) is 20.9. The number of anilines is 3. The molecule has 0 bridgehead atoms. The van der Waals surface area contributed by atoms with Crippen LogP contribution >= 0.6 is 0 Å². The van der Waals surface area contributed by atoms with Gasteiger partial charge in [-0.05, 0) is 72.4 Å². The summed E-state index contributed by atoms with van der Waals surface area (Å²) in [7, 11) is 1.38. The van der Waals surface area contributed by atoms with Gasteiger partial charge in [0.2, 0.25) is 5.91 Å². The highest BCUT2D eigenvalue weighted by molar-refractivity contribution is 6.12. The van der Waals surface area contributed by atoms with Crippen LogP contribution in [0, 0.1) is 10.1 Å². The van der Waals surface area contributed by atoms with E-state index in [0.29, 0.717) is 61.3 Å². The van der Waals surface area contributed by atoms with Gasteiger partial charge in [0.25, 0.3) is 5.91 Å². The van der Waals surface area contributed by atoms with Crippen LogP contribution in [0.3, 0.4) is 0 Å². The third-order valence-corrected chi connectivity index (χ3v) is 7.02. The Bertz CT molecular complexity index is 1410. The standard InChI is InChI=1S/C28H28N4O6/c1-38-26-16-19(5-8-25(26)32(36)37)18-4-6-21-23(15-18)29-22-7-2-17(14-24(22)30-28(21)35)3-9-27(34)31-12-10-20(33)11-13-31/h2,4-8,14-16,20,29,33H,3,9-13H2,1H3,(H,30,35).